The first-order chi connectivity index (χ1) is 31.6. The van der Waals surface area contributed by atoms with Gasteiger partial charge in [0.2, 0.25) is 32.0 Å². The lowest BCUT2D eigenvalue weighted by atomic mass is 9.91. The molecule has 0 radical (unpaired) electrons. The second-order valence-electron chi connectivity index (χ2n) is 17.1. The number of guanidine groups is 2. The zero-order valence-electron chi connectivity index (χ0n) is 37.6. The second-order valence-corrected chi connectivity index (χ2v) is 22.3. The van der Waals surface area contributed by atoms with Crippen molar-refractivity contribution < 1.29 is 35.1 Å². The summed E-state index contributed by atoms with van der Waals surface area (Å²) < 4.78 is 85.9. The first-order valence-corrected chi connectivity index (χ1v) is 24.6. The van der Waals surface area contributed by atoms with Crippen LogP contribution in [-0.2, 0) is 42.3 Å². The molecule has 0 unspecified atom stereocenters. The van der Waals surface area contributed by atoms with E-state index in [9.17, 15) is 30.4 Å². The number of nitrogens with zero attached hydrogens (tertiary/aromatic N) is 8. The first kappa shape index (κ1) is 56.6. The largest absolute Gasteiger partial charge is 0.444 e. The zero-order valence-corrected chi connectivity index (χ0v) is 41.5. The average Bonchev–Trinajstić information content (AvgIpc) is 3.23. The maximum atomic E-state index is 14.8. The summed E-state index contributed by atoms with van der Waals surface area (Å²) in [6, 6.07) is 15.7. The molecule has 24 heteroatoms. The molecule has 4 aromatic heterocycles. The molecule has 0 aliphatic carbocycles. The van der Waals surface area contributed by atoms with Gasteiger partial charge < -0.3 is 16.2 Å². The molecule has 376 valence electrons. The number of aliphatic imine (C=N–C) groups is 2. The number of fused-ring (bicyclic) bond motifs is 2. The third-order valence-electron chi connectivity index (χ3n) is 10.4. The van der Waals surface area contributed by atoms with Crippen LogP contribution in [-0.4, -0.2) is 94.6 Å². The lowest BCUT2D eigenvalue weighted by Gasteiger charge is -2.36. The topological polar surface area (TPSA) is 241 Å². The highest BCUT2D eigenvalue weighted by atomic mass is 35.5. The SMILES string of the molecule is C.C.CN1C(N)=N[C@](C)(c2cc(Cc3nccc4cc(Cl)cnc34)ccc2F)CS1(=O)=O.CN1C(NC(=O)OC(C)(C)C)=N[C@](C)(c2cc(N)ccc2F)CS1(=O)=O.Clc1cnc2c(Cl)nccc2c1. The summed E-state index contributed by atoms with van der Waals surface area (Å²) in [5, 5.41) is 5.61. The normalized spacial score (nSPS) is 19.1. The van der Waals surface area contributed by atoms with E-state index < -0.39 is 60.2 Å². The van der Waals surface area contributed by atoms with Crippen molar-refractivity contribution >= 4 is 100 Å². The first-order valence-electron chi connectivity index (χ1n) is 20.3. The molecule has 0 saturated heterocycles. The number of benzene rings is 2. The molecule has 8 rings (SSSR count). The fourth-order valence-electron chi connectivity index (χ4n) is 7.11. The van der Waals surface area contributed by atoms with Crippen LogP contribution in [0.2, 0.25) is 15.2 Å². The molecule has 2 atom stereocenters. The van der Waals surface area contributed by atoms with Crippen LogP contribution in [0.4, 0.5) is 19.3 Å². The Morgan fingerprint density at radius 2 is 1.26 bits per heavy atom. The summed E-state index contributed by atoms with van der Waals surface area (Å²) in [6.45, 7) is 8.03. The Labute approximate surface area is 421 Å². The minimum Gasteiger partial charge on any atom is -0.444 e. The molecule has 2 aromatic carbocycles. The van der Waals surface area contributed by atoms with E-state index in [-0.39, 0.29) is 49.3 Å². The highest BCUT2D eigenvalue weighted by molar-refractivity contribution is 7.90. The summed E-state index contributed by atoms with van der Waals surface area (Å²) in [7, 11) is -5.00. The van der Waals surface area contributed by atoms with Crippen molar-refractivity contribution in [2.75, 3.05) is 31.3 Å². The number of hydrogen-bond acceptors (Lipinski definition) is 14. The minimum atomic E-state index is -3.86. The van der Waals surface area contributed by atoms with E-state index in [0.29, 0.717) is 38.3 Å². The number of pyridine rings is 4. The lowest BCUT2D eigenvalue weighted by molar-refractivity contribution is 0.0559. The molecule has 0 bridgehead atoms. The number of sulfonamides is 2. The molecule has 17 nitrogen and oxygen atoms in total. The van der Waals surface area contributed by atoms with Crippen molar-refractivity contribution in [2.24, 2.45) is 15.7 Å². The second kappa shape index (κ2) is 21.6. The van der Waals surface area contributed by atoms with E-state index in [1.54, 1.807) is 76.7 Å². The predicted molar refractivity (Wildman–Crippen MR) is 274 cm³/mol. The Bertz CT molecular complexity index is 3240. The fraction of sp³-hybridized carbons (Fsp3) is 0.326. The van der Waals surface area contributed by atoms with Crippen molar-refractivity contribution in [1.29, 1.82) is 0 Å². The number of nitrogen functional groups attached to an aromatic ring is 1. The number of nitrogens with two attached hydrogens (primary N) is 2. The highest BCUT2D eigenvalue weighted by Gasteiger charge is 2.44. The fourth-order valence-corrected chi connectivity index (χ4v) is 10.6. The Hall–Kier alpha value is -6.00. The van der Waals surface area contributed by atoms with Crippen LogP contribution in [0.15, 0.2) is 95.4 Å². The van der Waals surface area contributed by atoms with Crippen molar-refractivity contribution in [3.05, 3.63) is 135 Å². The number of amides is 1. The molecular weight excluding hydrogens is 1010 g/mol. The van der Waals surface area contributed by atoms with Gasteiger partial charge in [-0.1, -0.05) is 61.8 Å². The van der Waals surface area contributed by atoms with Gasteiger partial charge in [0.25, 0.3) is 0 Å². The van der Waals surface area contributed by atoms with Gasteiger partial charge in [0.1, 0.15) is 33.8 Å². The smallest absolute Gasteiger partial charge is 0.414 e. The number of ether oxygens (including phenoxy) is 1. The highest BCUT2D eigenvalue weighted by Crippen LogP contribution is 2.36. The van der Waals surface area contributed by atoms with Gasteiger partial charge in [-0.3, -0.25) is 20.3 Å². The van der Waals surface area contributed by atoms with E-state index >= 15 is 0 Å². The van der Waals surface area contributed by atoms with Crippen molar-refractivity contribution in [3.8, 4) is 0 Å². The van der Waals surface area contributed by atoms with Gasteiger partial charge in [-0.05, 0) is 88.7 Å². The predicted octanol–water partition coefficient (Wildman–Crippen LogP) is 8.81. The van der Waals surface area contributed by atoms with E-state index in [2.05, 4.69) is 35.2 Å². The maximum Gasteiger partial charge on any atom is 0.414 e. The van der Waals surface area contributed by atoms with Crippen LogP contribution in [0, 0.1) is 11.6 Å². The number of alkyl carbamates (subject to hydrolysis) is 1. The molecule has 70 heavy (non-hydrogen) atoms. The van der Waals surface area contributed by atoms with Crippen LogP contribution in [0.1, 0.15) is 71.9 Å². The van der Waals surface area contributed by atoms with E-state index in [1.165, 1.54) is 39.2 Å². The van der Waals surface area contributed by atoms with Crippen LogP contribution in [0.5, 0.6) is 0 Å². The quantitative estimate of drug-likeness (QED) is 0.111. The number of anilines is 1. The van der Waals surface area contributed by atoms with Gasteiger partial charge in [0, 0.05) is 72.9 Å². The Kier molecular flexibility index (Phi) is 17.4. The molecule has 0 saturated carbocycles. The standard InChI is InChI=1S/C20H19ClFN5O2S.C16H23FN4O4S.C8H4Cl2N2.2CH4/c1-20(11-30(28,29)27(2)19(23)26-20)15-7-12(3-4-16(15)22)8-17-18-13(5-6-24-17)9-14(21)10-25-18;1-15(2,3)25-14(22)19-13-20-16(4,9-26(23,24)21(13)5)11-8-10(18)6-7-12(11)17;9-6-3-5-1-2-11-8(10)7(5)12-4-6;;/h3-7,9-10H,8,11H2,1-2H3,(H2,23,26);6-8H,9,18H2,1-5H3,(H,19,20,22);1-4H;2*1H4/t20-;16-;;;/m00.../s1. The van der Waals surface area contributed by atoms with Crippen LogP contribution >= 0.6 is 34.8 Å². The Balaban J connectivity index is 0.000000243. The van der Waals surface area contributed by atoms with E-state index in [1.807, 2.05) is 12.1 Å². The van der Waals surface area contributed by atoms with Gasteiger partial charge >= 0.3 is 6.09 Å². The molecule has 1 amide bonds. The van der Waals surface area contributed by atoms with Crippen LogP contribution in [0.25, 0.3) is 21.8 Å². The van der Waals surface area contributed by atoms with Crippen molar-refractivity contribution in [2.45, 2.75) is 72.6 Å². The van der Waals surface area contributed by atoms with Gasteiger partial charge in [-0.15, -0.1) is 0 Å². The van der Waals surface area contributed by atoms with E-state index in [0.717, 1.165) is 31.0 Å². The van der Waals surface area contributed by atoms with Crippen LogP contribution in [0.3, 0.4) is 0 Å². The average molecular weight is 1070 g/mol. The molecule has 2 aliphatic rings. The van der Waals surface area contributed by atoms with Gasteiger partial charge in [-0.25, -0.2) is 54.0 Å². The van der Waals surface area contributed by atoms with Gasteiger partial charge in [0.15, 0.2) is 5.15 Å². The molecule has 0 fully saturated rings. The number of carbonyl (C=O) groups is 1. The van der Waals surface area contributed by atoms with Crippen LogP contribution < -0.4 is 16.8 Å². The summed E-state index contributed by atoms with van der Waals surface area (Å²) in [5.41, 5.74) is 11.2. The molecular formula is C46H54Cl3F2N11O6S2. The maximum absolute atomic E-state index is 14.8. The third kappa shape index (κ3) is 13.0. The molecule has 6 aromatic rings. The third-order valence-corrected chi connectivity index (χ3v) is 15.0. The monoisotopic (exact) mass is 1060 g/mol. The van der Waals surface area contributed by atoms with E-state index in [4.69, 9.17) is 51.0 Å². The number of nitrogens with one attached hydrogen (secondary N) is 1. The van der Waals surface area contributed by atoms with Gasteiger partial charge in [0.05, 0.1) is 32.8 Å². The Morgan fingerprint density at radius 3 is 1.84 bits per heavy atom. The molecule has 6 heterocycles. The summed E-state index contributed by atoms with van der Waals surface area (Å²) in [5.74, 6) is -2.48. The Morgan fingerprint density at radius 1 is 0.743 bits per heavy atom. The number of carbonyl (C=O) groups excluding carboxylic acids is 1. The summed E-state index contributed by atoms with van der Waals surface area (Å²) >= 11 is 17.6. The van der Waals surface area contributed by atoms with Crippen molar-refractivity contribution in [1.82, 2.24) is 33.9 Å². The molecule has 0 spiro atoms. The molecule has 5 N–H and O–H groups in total. The minimum absolute atomic E-state index is 0. The number of hydrogen-bond donors (Lipinski definition) is 3. The number of rotatable bonds is 4. The number of halogens is 5. The van der Waals surface area contributed by atoms with Gasteiger partial charge in [-0.2, -0.15) is 0 Å². The molecule has 2 aliphatic heterocycles. The number of aromatic nitrogens is 4. The lowest BCUT2D eigenvalue weighted by Crippen LogP contribution is -2.54. The summed E-state index contributed by atoms with van der Waals surface area (Å²) in [6.07, 6.45) is 5.90. The summed E-state index contributed by atoms with van der Waals surface area (Å²) in [4.78, 5) is 37.3. The zero-order chi connectivity index (χ0) is 50.1. The van der Waals surface area contributed by atoms with Crippen molar-refractivity contribution in [3.63, 3.8) is 0 Å².